The van der Waals surface area contributed by atoms with Crippen molar-refractivity contribution in [3.8, 4) is 0 Å². The first-order valence-electron chi connectivity index (χ1n) is 5.63. The highest BCUT2D eigenvalue weighted by atomic mass is 16.5. The van der Waals surface area contributed by atoms with Gasteiger partial charge in [0.25, 0.3) is 0 Å². The second kappa shape index (κ2) is 7.21. The van der Waals surface area contributed by atoms with Gasteiger partial charge in [0, 0.05) is 25.2 Å². The highest BCUT2D eigenvalue weighted by Gasteiger charge is 2.23. The van der Waals surface area contributed by atoms with Crippen LogP contribution in [0, 0.1) is 0 Å². The zero-order valence-corrected chi connectivity index (χ0v) is 10.1. The SMILES string of the molecule is CCC(CC)(CC)NCC(N)COC. The zero-order chi connectivity index (χ0) is 11.0. The second-order valence-electron chi connectivity index (χ2n) is 3.94. The van der Waals surface area contributed by atoms with Crippen molar-refractivity contribution >= 4 is 0 Å². The Balaban J connectivity index is 3.92. The van der Waals surface area contributed by atoms with Crippen LogP contribution >= 0.6 is 0 Å². The molecule has 0 rings (SSSR count). The van der Waals surface area contributed by atoms with E-state index in [0.29, 0.717) is 6.61 Å². The van der Waals surface area contributed by atoms with Gasteiger partial charge >= 0.3 is 0 Å². The van der Waals surface area contributed by atoms with Gasteiger partial charge in [0.15, 0.2) is 0 Å². The topological polar surface area (TPSA) is 47.3 Å². The lowest BCUT2D eigenvalue weighted by atomic mass is 9.89. The summed E-state index contributed by atoms with van der Waals surface area (Å²) in [4.78, 5) is 0. The Hall–Kier alpha value is -0.120. The lowest BCUT2D eigenvalue weighted by molar-refractivity contribution is 0.170. The standard InChI is InChI=1S/C11H26N2O/c1-5-11(6-2,7-3)13-8-10(12)9-14-4/h10,13H,5-9,12H2,1-4H3. The summed E-state index contributed by atoms with van der Waals surface area (Å²) in [5.41, 5.74) is 6.14. The molecule has 0 spiro atoms. The number of nitrogens with one attached hydrogen (secondary N) is 1. The van der Waals surface area contributed by atoms with Crippen LogP contribution in [0.4, 0.5) is 0 Å². The number of ether oxygens (including phenoxy) is 1. The van der Waals surface area contributed by atoms with Crippen molar-refractivity contribution in [1.29, 1.82) is 0 Å². The molecule has 0 heterocycles. The molecular formula is C11H26N2O. The molecule has 14 heavy (non-hydrogen) atoms. The molecule has 1 unspecified atom stereocenters. The molecule has 0 fully saturated rings. The predicted molar refractivity (Wildman–Crippen MR) is 61.5 cm³/mol. The van der Waals surface area contributed by atoms with Crippen molar-refractivity contribution in [2.75, 3.05) is 20.3 Å². The Kier molecular flexibility index (Phi) is 7.15. The van der Waals surface area contributed by atoms with E-state index in [1.807, 2.05) is 0 Å². The van der Waals surface area contributed by atoms with Crippen molar-refractivity contribution in [3.05, 3.63) is 0 Å². The summed E-state index contributed by atoms with van der Waals surface area (Å²) >= 11 is 0. The molecule has 1 atom stereocenters. The van der Waals surface area contributed by atoms with E-state index in [4.69, 9.17) is 10.5 Å². The van der Waals surface area contributed by atoms with Gasteiger partial charge in [-0.1, -0.05) is 20.8 Å². The molecule has 0 aromatic rings. The molecule has 0 saturated carbocycles. The predicted octanol–water partition coefficient (Wildman–Crippen LogP) is 1.52. The van der Waals surface area contributed by atoms with E-state index in [1.165, 1.54) is 0 Å². The summed E-state index contributed by atoms with van der Waals surface area (Å²) in [6, 6.07) is 0.101. The highest BCUT2D eigenvalue weighted by Crippen LogP contribution is 2.18. The molecule has 86 valence electrons. The lowest BCUT2D eigenvalue weighted by Gasteiger charge is -2.33. The van der Waals surface area contributed by atoms with Crippen molar-refractivity contribution in [2.24, 2.45) is 5.73 Å². The smallest absolute Gasteiger partial charge is 0.0626 e. The van der Waals surface area contributed by atoms with Crippen LogP contribution in [0.2, 0.25) is 0 Å². The van der Waals surface area contributed by atoms with E-state index in [-0.39, 0.29) is 11.6 Å². The van der Waals surface area contributed by atoms with E-state index < -0.39 is 0 Å². The van der Waals surface area contributed by atoms with Gasteiger partial charge in [-0.15, -0.1) is 0 Å². The fourth-order valence-corrected chi connectivity index (χ4v) is 1.75. The quantitative estimate of drug-likeness (QED) is 0.627. The number of rotatable bonds is 8. The van der Waals surface area contributed by atoms with Gasteiger partial charge in [-0.05, 0) is 19.3 Å². The number of nitrogens with two attached hydrogens (primary N) is 1. The molecule has 0 amide bonds. The van der Waals surface area contributed by atoms with Gasteiger partial charge in [0.05, 0.1) is 6.61 Å². The molecular weight excluding hydrogens is 176 g/mol. The van der Waals surface area contributed by atoms with Crippen LogP contribution in [0.5, 0.6) is 0 Å². The van der Waals surface area contributed by atoms with Gasteiger partial charge in [-0.25, -0.2) is 0 Å². The number of methoxy groups -OCH3 is 1. The Morgan fingerprint density at radius 1 is 1.21 bits per heavy atom. The Morgan fingerprint density at radius 3 is 2.07 bits per heavy atom. The monoisotopic (exact) mass is 202 g/mol. The third-order valence-electron chi connectivity index (χ3n) is 3.15. The van der Waals surface area contributed by atoms with E-state index in [1.54, 1.807) is 7.11 Å². The molecule has 0 bridgehead atoms. The number of hydrogen-bond donors (Lipinski definition) is 2. The number of hydrogen-bond acceptors (Lipinski definition) is 3. The van der Waals surface area contributed by atoms with Gasteiger partial charge in [-0.3, -0.25) is 0 Å². The Labute approximate surface area is 88.4 Å². The van der Waals surface area contributed by atoms with E-state index in [0.717, 1.165) is 25.8 Å². The van der Waals surface area contributed by atoms with Crippen LogP contribution in [0.25, 0.3) is 0 Å². The van der Waals surface area contributed by atoms with E-state index >= 15 is 0 Å². The minimum Gasteiger partial charge on any atom is -0.383 e. The summed E-state index contributed by atoms with van der Waals surface area (Å²) in [7, 11) is 1.69. The van der Waals surface area contributed by atoms with Gasteiger partial charge < -0.3 is 15.8 Å². The maximum Gasteiger partial charge on any atom is 0.0626 e. The van der Waals surface area contributed by atoms with Gasteiger partial charge in [-0.2, -0.15) is 0 Å². The summed E-state index contributed by atoms with van der Waals surface area (Å²) in [6.07, 6.45) is 3.46. The molecule has 0 aromatic carbocycles. The molecule has 3 heteroatoms. The van der Waals surface area contributed by atoms with Crippen LogP contribution in [0.1, 0.15) is 40.0 Å². The zero-order valence-electron chi connectivity index (χ0n) is 10.1. The summed E-state index contributed by atoms with van der Waals surface area (Å²) in [6.45, 7) is 8.13. The van der Waals surface area contributed by atoms with Gasteiger partial charge in [0.1, 0.15) is 0 Å². The van der Waals surface area contributed by atoms with Crippen molar-refractivity contribution in [1.82, 2.24) is 5.32 Å². The van der Waals surface area contributed by atoms with Crippen LogP contribution in [-0.4, -0.2) is 31.8 Å². The molecule has 3 N–H and O–H groups in total. The highest BCUT2D eigenvalue weighted by molar-refractivity contribution is 4.85. The molecule has 0 aromatic heterocycles. The Morgan fingerprint density at radius 2 is 1.71 bits per heavy atom. The maximum absolute atomic E-state index is 5.87. The van der Waals surface area contributed by atoms with Crippen molar-refractivity contribution < 1.29 is 4.74 Å². The Bertz CT molecular complexity index is 127. The average Bonchev–Trinajstić information content (AvgIpc) is 2.21. The van der Waals surface area contributed by atoms with Crippen LogP contribution < -0.4 is 11.1 Å². The molecule has 0 aliphatic heterocycles. The average molecular weight is 202 g/mol. The molecule has 0 radical (unpaired) electrons. The van der Waals surface area contributed by atoms with E-state index in [2.05, 4.69) is 26.1 Å². The first-order valence-corrected chi connectivity index (χ1v) is 5.63. The first kappa shape index (κ1) is 13.9. The minimum absolute atomic E-state index is 0.101. The van der Waals surface area contributed by atoms with Gasteiger partial charge in [0.2, 0.25) is 0 Å². The first-order chi connectivity index (χ1) is 6.64. The molecule has 0 saturated heterocycles. The summed E-state index contributed by atoms with van der Waals surface area (Å²) in [5, 5.41) is 3.56. The maximum atomic E-state index is 5.87. The van der Waals surface area contributed by atoms with Crippen molar-refractivity contribution in [3.63, 3.8) is 0 Å². The molecule has 0 aliphatic rings. The minimum atomic E-state index is 0.101. The van der Waals surface area contributed by atoms with Crippen LogP contribution in [-0.2, 0) is 4.74 Å². The van der Waals surface area contributed by atoms with Crippen LogP contribution in [0.3, 0.4) is 0 Å². The summed E-state index contributed by atoms with van der Waals surface area (Å²) < 4.78 is 5.00. The second-order valence-corrected chi connectivity index (χ2v) is 3.94. The fraction of sp³-hybridized carbons (Fsp3) is 1.00. The molecule has 0 aliphatic carbocycles. The third-order valence-corrected chi connectivity index (χ3v) is 3.15. The third kappa shape index (κ3) is 4.40. The van der Waals surface area contributed by atoms with E-state index in [9.17, 15) is 0 Å². The largest absolute Gasteiger partial charge is 0.383 e. The lowest BCUT2D eigenvalue weighted by Crippen LogP contribution is -2.49. The van der Waals surface area contributed by atoms with Crippen LogP contribution in [0.15, 0.2) is 0 Å². The fourth-order valence-electron chi connectivity index (χ4n) is 1.75. The molecule has 3 nitrogen and oxygen atoms in total. The van der Waals surface area contributed by atoms with Crippen molar-refractivity contribution in [2.45, 2.75) is 51.6 Å². The summed E-state index contributed by atoms with van der Waals surface area (Å²) in [5.74, 6) is 0. The normalized spacial score (nSPS) is 14.4.